The third-order valence-corrected chi connectivity index (χ3v) is 9.25. The third kappa shape index (κ3) is 9.21. The molecule has 0 radical (unpaired) electrons. The van der Waals surface area contributed by atoms with Crippen LogP contribution in [0.4, 0.5) is 4.79 Å². The fraction of sp³-hybridized carbons (Fsp3) is 0.750. The number of rotatable bonds is 12. The molecule has 0 spiro atoms. The standard InChI is InChI=1S/C36H57NO6/c1-11-12-13-14-18-34(5,6)24-21-28(30-26-23-25(38)16-17-27(26)36(9,10)42-29(30)22-24)41-31(39)35(7,8)19-15-20-37-32(40)43-33(2,3)4/h21-22,26-27H,11-20,23H2,1-10H3,(H,37,40). The Bertz CT molecular complexity index is 1160. The Balaban J connectivity index is 1.88. The summed E-state index contributed by atoms with van der Waals surface area (Å²) in [7, 11) is 0. The molecule has 1 saturated carbocycles. The topological polar surface area (TPSA) is 90.9 Å². The number of carbonyl (C=O) groups is 3. The molecular weight excluding hydrogens is 542 g/mol. The van der Waals surface area contributed by atoms with E-state index in [0.29, 0.717) is 38.0 Å². The molecule has 7 nitrogen and oxygen atoms in total. The summed E-state index contributed by atoms with van der Waals surface area (Å²) in [6.07, 6.45) is 8.18. The van der Waals surface area contributed by atoms with Gasteiger partial charge < -0.3 is 19.5 Å². The molecule has 2 unspecified atom stereocenters. The van der Waals surface area contributed by atoms with E-state index >= 15 is 0 Å². The molecule has 3 rings (SSSR count). The number of fused-ring (bicyclic) bond motifs is 3. The lowest BCUT2D eigenvalue weighted by Gasteiger charge is -2.47. The van der Waals surface area contributed by atoms with Crippen LogP contribution in [0.25, 0.3) is 0 Å². The van der Waals surface area contributed by atoms with Crippen LogP contribution in [0.5, 0.6) is 11.5 Å². The van der Waals surface area contributed by atoms with E-state index in [1.54, 1.807) is 0 Å². The van der Waals surface area contributed by atoms with Crippen molar-refractivity contribution in [2.24, 2.45) is 11.3 Å². The van der Waals surface area contributed by atoms with E-state index < -0.39 is 22.7 Å². The van der Waals surface area contributed by atoms with Gasteiger partial charge in [-0.1, -0.05) is 46.5 Å². The molecule has 1 heterocycles. The average molecular weight is 600 g/mol. The second kappa shape index (κ2) is 13.6. The Labute approximate surface area is 260 Å². The van der Waals surface area contributed by atoms with E-state index in [2.05, 4.69) is 46.0 Å². The zero-order chi connectivity index (χ0) is 32.2. The monoisotopic (exact) mass is 599 g/mol. The van der Waals surface area contributed by atoms with Crippen molar-refractivity contribution in [2.45, 2.75) is 156 Å². The van der Waals surface area contributed by atoms with Gasteiger partial charge in [0.1, 0.15) is 28.5 Å². The van der Waals surface area contributed by atoms with E-state index in [0.717, 1.165) is 36.1 Å². The zero-order valence-corrected chi connectivity index (χ0v) is 28.5. The predicted octanol–water partition coefficient (Wildman–Crippen LogP) is 8.79. The lowest BCUT2D eigenvalue weighted by atomic mass is 9.66. The zero-order valence-electron chi connectivity index (χ0n) is 28.5. The molecule has 0 aromatic heterocycles. The first-order valence-electron chi connectivity index (χ1n) is 16.4. The van der Waals surface area contributed by atoms with Crippen LogP contribution in [0.2, 0.25) is 0 Å². The van der Waals surface area contributed by atoms with Crippen molar-refractivity contribution < 1.29 is 28.6 Å². The molecule has 7 heteroatoms. The van der Waals surface area contributed by atoms with Crippen molar-refractivity contribution in [1.82, 2.24) is 5.32 Å². The molecule has 0 bridgehead atoms. The SMILES string of the molecule is CCCCCCC(C)(C)c1cc(OC(=O)C(C)(C)CCCNC(=O)OC(C)(C)C)c2c(c1)OC(C)(C)C1CCC(=O)CC21. The second-order valence-electron chi connectivity index (χ2n) is 15.6. The molecule has 1 fully saturated rings. The minimum atomic E-state index is -0.787. The fourth-order valence-corrected chi connectivity index (χ4v) is 6.54. The second-order valence-corrected chi connectivity index (χ2v) is 15.6. The van der Waals surface area contributed by atoms with Crippen LogP contribution in [0.15, 0.2) is 12.1 Å². The molecule has 1 aromatic carbocycles. The average Bonchev–Trinajstić information content (AvgIpc) is 2.87. The molecule has 0 saturated heterocycles. The molecular formula is C36H57NO6. The van der Waals surface area contributed by atoms with Gasteiger partial charge >= 0.3 is 12.1 Å². The van der Waals surface area contributed by atoms with Crippen molar-refractivity contribution in [1.29, 1.82) is 0 Å². The van der Waals surface area contributed by atoms with Gasteiger partial charge in [-0.3, -0.25) is 9.59 Å². The quantitative estimate of drug-likeness (QED) is 0.147. The summed E-state index contributed by atoms with van der Waals surface area (Å²) in [5.74, 6) is 1.30. The van der Waals surface area contributed by atoms with Crippen LogP contribution in [0.1, 0.15) is 150 Å². The third-order valence-electron chi connectivity index (χ3n) is 9.25. The number of ketones is 1. The number of Topliss-reactive ketones (excluding diaryl/α,β-unsaturated/α-hetero) is 1. The number of alkyl carbamates (subject to hydrolysis) is 1. The summed E-state index contributed by atoms with van der Waals surface area (Å²) in [6.45, 7) is 20.6. The minimum absolute atomic E-state index is 0.0503. The van der Waals surface area contributed by atoms with Crippen molar-refractivity contribution in [3.8, 4) is 11.5 Å². The highest BCUT2D eigenvalue weighted by molar-refractivity contribution is 5.82. The summed E-state index contributed by atoms with van der Waals surface area (Å²) >= 11 is 0. The number of hydrogen-bond donors (Lipinski definition) is 1. The summed E-state index contributed by atoms with van der Waals surface area (Å²) in [5.41, 5.74) is 0.0277. The molecule has 1 aliphatic heterocycles. The number of unbranched alkanes of at least 4 members (excludes halogenated alkanes) is 3. The van der Waals surface area contributed by atoms with Crippen molar-refractivity contribution in [3.63, 3.8) is 0 Å². The molecule has 1 aromatic rings. The maximum Gasteiger partial charge on any atom is 0.407 e. The first-order valence-corrected chi connectivity index (χ1v) is 16.4. The van der Waals surface area contributed by atoms with E-state index in [-0.39, 0.29) is 29.0 Å². The number of ether oxygens (including phenoxy) is 3. The molecule has 43 heavy (non-hydrogen) atoms. The highest BCUT2D eigenvalue weighted by atomic mass is 16.6. The van der Waals surface area contributed by atoms with Gasteiger partial charge in [-0.05, 0) is 97.3 Å². The normalized spacial score (nSPS) is 20.0. The number of esters is 1. The van der Waals surface area contributed by atoms with E-state index in [1.165, 1.54) is 19.3 Å². The van der Waals surface area contributed by atoms with Gasteiger partial charge in [-0.15, -0.1) is 0 Å². The molecule has 2 atom stereocenters. The Morgan fingerprint density at radius 2 is 1.70 bits per heavy atom. The van der Waals surface area contributed by atoms with Crippen LogP contribution in [0.3, 0.4) is 0 Å². The summed E-state index contributed by atoms with van der Waals surface area (Å²) in [5, 5.41) is 2.77. The number of hydrogen-bond acceptors (Lipinski definition) is 6. The largest absolute Gasteiger partial charge is 0.487 e. The molecule has 242 valence electrons. The molecule has 2 aliphatic rings. The highest BCUT2D eigenvalue weighted by Crippen LogP contribution is 2.55. The van der Waals surface area contributed by atoms with Crippen molar-refractivity contribution >= 4 is 17.8 Å². The summed E-state index contributed by atoms with van der Waals surface area (Å²) in [4.78, 5) is 38.5. The molecule has 1 aliphatic carbocycles. The van der Waals surface area contributed by atoms with Crippen molar-refractivity contribution in [3.05, 3.63) is 23.3 Å². The Morgan fingerprint density at radius 1 is 1.00 bits per heavy atom. The van der Waals surface area contributed by atoms with Gasteiger partial charge in [0.05, 0.1) is 5.41 Å². The highest BCUT2D eigenvalue weighted by Gasteiger charge is 2.48. The number of amides is 1. The number of carbonyl (C=O) groups excluding carboxylic acids is 3. The van der Waals surface area contributed by atoms with Gasteiger partial charge in [0.25, 0.3) is 0 Å². The Morgan fingerprint density at radius 3 is 2.35 bits per heavy atom. The van der Waals surface area contributed by atoms with Gasteiger partial charge in [-0.2, -0.15) is 0 Å². The van der Waals surface area contributed by atoms with E-state index in [1.807, 2.05) is 40.7 Å². The first kappa shape index (κ1) is 34.9. The smallest absolute Gasteiger partial charge is 0.407 e. The van der Waals surface area contributed by atoms with E-state index in [9.17, 15) is 14.4 Å². The summed E-state index contributed by atoms with van der Waals surface area (Å²) < 4.78 is 18.3. The van der Waals surface area contributed by atoms with Crippen LogP contribution >= 0.6 is 0 Å². The molecule has 1 N–H and O–H groups in total. The van der Waals surface area contributed by atoms with Crippen LogP contribution in [-0.4, -0.2) is 35.6 Å². The van der Waals surface area contributed by atoms with Crippen LogP contribution in [-0.2, 0) is 19.7 Å². The van der Waals surface area contributed by atoms with Gasteiger partial charge in [-0.25, -0.2) is 4.79 Å². The van der Waals surface area contributed by atoms with Gasteiger partial charge in [0.2, 0.25) is 0 Å². The fourth-order valence-electron chi connectivity index (χ4n) is 6.54. The van der Waals surface area contributed by atoms with Crippen molar-refractivity contribution in [2.75, 3.05) is 6.54 Å². The summed E-state index contributed by atoms with van der Waals surface area (Å²) in [6, 6.07) is 4.17. The maximum absolute atomic E-state index is 13.8. The van der Waals surface area contributed by atoms with E-state index in [4.69, 9.17) is 14.2 Å². The van der Waals surface area contributed by atoms with Gasteiger partial charge in [0.15, 0.2) is 0 Å². The van der Waals surface area contributed by atoms with Gasteiger partial charge in [0, 0.05) is 36.8 Å². The lowest BCUT2D eigenvalue weighted by Crippen LogP contribution is -2.47. The van der Waals surface area contributed by atoms with Crippen LogP contribution < -0.4 is 14.8 Å². The lowest BCUT2D eigenvalue weighted by molar-refractivity contribution is -0.144. The Kier molecular flexibility index (Phi) is 11.0. The number of benzene rings is 1. The first-order chi connectivity index (χ1) is 19.9. The Hall–Kier alpha value is -2.57. The number of nitrogens with one attached hydrogen (secondary N) is 1. The minimum Gasteiger partial charge on any atom is -0.487 e. The molecule has 1 amide bonds. The van der Waals surface area contributed by atoms with Crippen LogP contribution in [0, 0.1) is 11.3 Å². The maximum atomic E-state index is 13.8. The predicted molar refractivity (Wildman–Crippen MR) is 171 cm³/mol.